The standard InChI is InChI=1S/C31H40N2O5/c1-4-6-16-27(19-24-14-9-7-10-15-24)31(37)38-22-28(25-17-11-8-12-18-25)33-30(36)26(13-5-2)20-29(35)32-23(3)21-34/h4-5,7-12,14-15,17-18,23,26-28,34H,1-2,6,13,16,19-22H2,3H3,(H,32,35)(H,33,36)/t23-,26-,27-,28+/m1/s1. The van der Waals surface area contributed by atoms with Crippen LogP contribution in [0.1, 0.15) is 49.8 Å². The van der Waals surface area contributed by atoms with Crippen LogP contribution in [-0.4, -0.2) is 42.1 Å². The maximum Gasteiger partial charge on any atom is 0.309 e. The molecule has 0 bridgehead atoms. The number of ether oxygens (including phenoxy) is 1. The van der Waals surface area contributed by atoms with E-state index in [-0.39, 0.29) is 43.3 Å². The highest BCUT2D eigenvalue weighted by Crippen LogP contribution is 2.20. The van der Waals surface area contributed by atoms with Crippen LogP contribution in [0.2, 0.25) is 0 Å². The van der Waals surface area contributed by atoms with Crippen molar-refractivity contribution in [2.24, 2.45) is 11.8 Å². The number of hydrogen-bond acceptors (Lipinski definition) is 5. The molecule has 3 N–H and O–H groups in total. The smallest absolute Gasteiger partial charge is 0.309 e. The van der Waals surface area contributed by atoms with Gasteiger partial charge in [-0.3, -0.25) is 14.4 Å². The third kappa shape index (κ3) is 10.7. The van der Waals surface area contributed by atoms with E-state index in [0.717, 1.165) is 11.1 Å². The SMILES string of the molecule is C=CCC[C@H](Cc1ccccc1)C(=O)OC[C@H](NC(=O)[C@H](CC=C)CC(=O)N[C@H](C)CO)c1ccccc1. The fourth-order valence-corrected chi connectivity index (χ4v) is 4.09. The fraction of sp³-hybridized carbons (Fsp3) is 0.387. The number of aliphatic hydroxyl groups excluding tert-OH is 1. The first-order valence-corrected chi connectivity index (χ1v) is 13.1. The predicted octanol–water partition coefficient (Wildman–Crippen LogP) is 4.29. The molecule has 7 nitrogen and oxygen atoms in total. The zero-order valence-electron chi connectivity index (χ0n) is 22.2. The predicted molar refractivity (Wildman–Crippen MR) is 149 cm³/mol. The van der Waals surface area contributed by atoms with E-state index in [0.29, 0.717) is 25.7 Å². The van der Waals surface area contributed by atoms with Crippen LogP contribution in [0.4, 0.5) is 0 Å². The molecule has 0 fully saturated rings. The van der Waals surface area contributed by atoms with Gasteiger partial charge >= 0.3 is 5.97 Å². The van der Waals surface area contributed by atoms with Crippen molar-refractivity contribution in [3.05, 3.63) is 97.1 Å². The van der Waals surface area contributed by atoms with Gasteiger partial charge in [-0.15, -0.1) is 13.2 Å². The fourth-order valence-electron chi connectivity index (χ4n) is 4.09. The molecule has 0 aliphatic rings. The molecule has 7 heteroatoms. The number of allylic oxidation sites excluding steroid dienone is 2. The molecule has 0 saturated heterocycles. The zero-order chi connectivity index (χ0) is 27.8. The second-order valence-electron chi connectivity index (χ2n) is 9.43. The van der Waals surface area contributed by atoms with Gasteiger partial charge in [-0.05, 0) is 43.7 Å². The summed E-state index contributed by atoms with van der Waals surface area (Å²) in [5.41, 5.74) is 1.84. The van der Waals surface area contributed by atoms with Gasteiger partial charge in [0.15, 0.2) is 0 Å². The lowest BCUT2D eigenvalue weighted by Crippen LogP contribution is -2.41. The Morgan fingerprint density at radius 3 is 2.21 bits per heavy atom. The summed E-state index contributed by atoms with van der Waals surface area (Å²) < 4.78 is 5.76. The number of esters is 1. The van der Waals surface area contributed by atoms with E-state index >= 15 is 0 Å². The molecule has 204 valence electrons. The normalized spacial score (nSPS) is 13.8. The van der Waals surface area contributed by atoms with Gasteiger partial charge in [0.05, 0.1) is 24.5 Å². The Hall–Kier alpha value is -3.71. The Bertz CT molecular complexity index is 1030. The summed E-state index contributed by atoms with van der Waals surface area (Å²) in [5.74, 6) is -1.99. The van der Waals surface area contributed by atoms with Crippen LogP contribution in [0, 0.1) is 11.8 Å². The minimum absolute atomic E-state index is 0.0392. The van der Waals surface area contributed by atoms with Crippen LogP contribution in [0.25, 0.3) is 0 Å². The molecule has 2 rings (SSSR count). The average Bonchev–Trinajstić information content (AvgIpc) is 2.93. The highest BCUT2D eigenvalue weighted by molar-refractivity contribution is 5.86. The van der Waals surface area contributed by atoms with Crippen molar-refractivity contribution >= 4 is 17.8 Å². The van der Waals surface area contributed by atoms with E-state index in [9.17, 15) is 19.5 Å². The molecule has 0 heterocycles. The molecule has 4 atom stereocenters. The lowest BCUT2D eigenvalue weighted by molar-refractivity contribution is -0.150. The minimum atomic E-state index is -0.654. The summed E-state index contributed by atoms with van der Waals surface area (Å²) in [4.78, 5) is 38.7. The molecule has 0 aliphatic heterocycles. The van der Waals surface area contributed by atoms with Gasteiger partial charge in [0.1, 0.15) is 6.61 Å². The maximum atomic E-state index is 13.2. The molecule has 0 saturated carbocycles. The number of amides is 2. The zero-order valence-corrected chi connectivity index (χ0v) is 22.2. The van der Waals surface area contributed by atoms with E-state index in [1.54, 1.807) is 19.1 Å². The topological polar surface area (TPSA) is 105 Å². The molecule has 2 amide bonds. The molecule has 0 spiro atoms. The van der Waals surface area contributed by atoms with Gasteiger partial charge < -0.3 is 20.5 Å². The summed E-state index contributed by atoms with van der Waals surface area (Å²) in [6, 6.07) is 18.1. The molecule has 0 aliphatic carbocycles. The second kappa shape index (κ2) is 16.9. The number of nitrogens with one attached hydrogen (secondary N) is 2. The van der Waals surface area contributed by atoms with Crippen LogP contribution >= 0.6 is 0 Å². The summed E-state index contributed by atoms with van der Waals surface area (Å²) in [6.07, 6.45) is 5.49. The third-order valence-corrected chi connectivity index (χ3v) is 6.22. The molecule has 0 unspecified atom stereocenters. The average molecular weight is 521 g/mol. The van der Waals surface area contributed by atoms with Gasteiger partial charge in [0.2, 0.25) is 11.8 Å². The van der Waals surface area contributed by atoms with E-state index in [4.69, 9.17) is 4.74 Å². The Balaban J connectivity index is 2.12. The molecule has 0 radical (unpaired) electrons. The quantitative estimate of drug-likeness (QED) is 0.213. The Kier molecular flexibility index (Phi) is 13.6. The lowest BCUT2D eigenvalue weighted by Gasteiger charge is -2.24. The number of aliphatic hydroxyl groups is 1. The molecule has 2 aromatic carbocycles. The summed E-state index contributed by atoms with van der Waals surface area (Å²) in [7, 11) is 0. The van der Waals surface area contributed by atoms with Crippen LogP contribution < -0.4 is 10.6 Å². The summed E-state index contributed by atoms with van der Waals surface area (Å²) >= 11 is 0. The van der Waals surface area contributed by atoms with Crippen LogP contribution in [0.15, 0.2) is 86.0 Å². The van der Waals surface area contributed by atoms with E-state index in [2.05, 4.69) is 23.8 Å². The van der Waals surface area contributed by atoms with Gasteiger partial charge in [0, 0.05) is 12.5 Å². The Labute approximate surface area is 226 Å². The maximum absolute atomic E-state index is 13.2. The van der Waals surface area contributed by atoms with E-state index in [1.807, 2.05) is 60.7 Å². The van der Waals surface area contributed by atoms with Crippen molar-refractivity contribution < 1.29 is 24.2 Å². The van der Waals surface area contributed by atoms with Gasteiger partial charge in [-0.1, -0.05) is 72.8 Å². The van der Waals surface area contributed by atoms with Crippen molar-refractivity contribution in [2.45, 2.75) is 51.1 Å². The number of carbonyl (C=O) groups excluding carboxylic acids is 3. The summed E-state index contributed by atoms with van der Waals surface area (Å²) in [6.45, 7) is 8.94. The van der Waals surface area contributed by atoms with Crippen molar-refractivity contribution in [1.29, 1.82) is 0 Å². The first kappa shape index (κ1) is 30.5. The second-order valence-corrected chi connectivity index (χ2v) is 9.43. The van der Waals surface area contributed by atoms with Gasteiger partial charge in [-0.2, -0.15) is 0 Å². The Morgan fingerprint density at radius 2 is 1.61 bits per heavy atom. The number of carbonyl (C=O) groups is 3. The highest BCUT2D eigenvalue weighted by atomic mass is 16.5. The molecule has 38 heavy (non-hydrogen) atoms. The number of rotatable bonds is 17. The van der Waals surface area contributed by atoms with Gasteiger partial charge in [0.25, 0.3) is 0 Å². The van der Waals surface area contributed by atoms with E-state index in [1.165, 1.54) is 0 Å². The Morgan fingerprint density at radius 1 is 0.947 bits per heavy atom. The third-order valence-electron chi connectivity index (χ3n) is 6.22. The first-order chi connectivity index (χ1) is 18.4. The van der Waals surface area contributed by atoms with Gasteiger partial charge in [-0.25, -0.2) is 0 Å². The summed E-state index contributed by atoms with van der Waals surface area (Å²) in [5, 5.41) is 14.8. The number of benzene rings is 2. The number of hydrogen-bond donors (Lipinski definition) is 3. The van der Waals surface area contributed by atoms with Crippen molar-refractivity contribution in [2.75, 3.05) is 13.2 Å². The van der Waals surface area contributed by atoms with Crippen LogP contribution in [-0.2, 0) is 25.5 Å². The highest BCUT2D eigenvalue weighted by Gasteiger charge is 2.27. The molecular weight excluding hydrogens is 480 g/mol. The van der Waals surface area contributed by atoms with Crippen LogP contribution in [0.5, 0.6) is 0 Å². The van der Waals surface area contributed by atoms with Crippen LogP contribution in [0.3, 0.4) is 0 Å². The largest absolute Gasteiger partial charge is 0.463 e. The van der Waals surface area contributed by atoms with Crippen molar-refractivity contribution in [3.63, 3.8) is 0 Å². The minimum Gasteiger partial charge on any atom is -0.463 e. The van der Waals surface area contributed by atoms with E-state index < -0.39 is 18.0 Å². The van der Waals surface area contributed by atoms with Crippen molar-refractivity contribution in [1.82, 2.24) is 10.6 Å². The molecule has 0 aromatic heterocycles. The first-order valence-electron chi connectivity index (χ1n) is 13.1. The molecule has 2 aromatic rings. The van der Waals surface area contributed by atoms with Crippen molar-refractivity contribution in [3.8, 4) is 0 Å². The molecular formula is C31H40N2O5. The monoisotopic (exact) mass is 520 g/mol. The lowest BCUT2D eigenvalue weighted by atomic mass is 9.95.